The lowest BCUT2D eigenvalue weighted by Gasteiger charge is -2.17. The van der Waals surface area contributed by atoms with E-state index in [0.717, 1.165) is 40.5 Å². The van der Waals surface area contributed by atoms with E-state index in [1.165, 1.54) is 11.8 Å². The van der Waals surface area contributed by atoms with Gasteiger partial charge in [-0.3, -0.25) is 4.79 Å². The summed E-state index contributed by atoms with van der Waals surface area (Å²) in [5.74, 6) is 1.04. The lowest BCUT2D eigenvalue weighted by atomic mass is 10.2. The summed E-state index contributed by atoms with van der Waals surface area (Å²) in [6, 6.07) is 17.4. The summed E-state index contributed by atoms with van der Waals surface area (Å²) in [4.78, 5) is 24.5. The van der Waals surface area contributed by atoms with E-state index in [4.69, 9.17) is 4.74 Å². The molecule has 0 radical (unpaired) electrons. The first-order valence-electron chi connectivity index (χ1n) is 11.0. The van der Waals surface area contributed by atoms with Crippen LogP contribution in [-0.4, -0.2) is 44.5 Å². The molecular weight excluding hydrogens is 448 g/mol. The predicted octanol–water partition coefficient (Wildman–Crippen LogP) is 4.18. The van der Waals surface area contributed by atoms with E-state index in [2.05, 4.69) is 26.3 Å². The van der Waals surface area contributed by atoms with Gasteiger partial charge in [-0.2, -0.15) is 0 Å². The number of benzene rings is 2. The van der Waals surface area contributed by atoms with E-state index < -0.39 is 0 Å². The molecule has 1 aliphatic heterocycles. The van der Waals surface area contributed by atoms with Crippen molar-refractivity contribution in [3.05, 3.63) is 82.9 Å². The van der Waals surface area contributed by atoms with Crippen molar-refractivity contribution < 1.29 is 9.53 Å². The summed E-state index contributed by atoms with van der Waals surface area (Å²) in [5.41, 5.74) is 5.74. The number of hydrogen-bond acceptors (Lipinski definition) is 7. The van der Waals surface area contributed by atoms with Crippen LogP contribution in [0.3, 0.4) is 0 Å². The molecule has 0 atom stereocenters. The van der Waals surface area contributed by atoms with Crippen LogP contribution in [0.1, 0.15) is 33.1 Å². The lowest BCUT2D eigenvalue weighted by Crippen LogP contribution is -2.30. The van der Waals surface area contributed by atoms with Crippen molar-refractivity contribution in [3.63, 3.8) is 0 Å². The Labute approximate surface area is 202 Å². The van der Waals surface area contributed by atoms with Gasteiger partial charge >= 0.3 is 0 Å². The number of amides is 1. The van der Waals surface area contributed by atoms with Crippen LogP contribution in [0.4, 0.5) is 5.69 Å². The van der Waals surface area contributed by atoms with Crippen LogP contribution < -0.4 is 9.64 Å². The summed E-state index contributed by atoms with van der Waals surface area (Å²) in [5, 5.41) is 9.36. The molecule has 34 heavy (non-hydrogen) atoms. The normalized spacial score (nSPS) is 12.6. The summed E-state index contributed by atoms with van der Waals surface area (Å²) in [6.45, 7) is 4.52. The maximum absolute atomic E-state index is 13.6. The van der Waals surface area contributed by atoms with Gasteiger partial charge in [0.15, 0.2) is 10.9 Å². The van der Waals surface area contributed by atoms with Crippen LogP contribution in [0.15, 0.2) is 59.8 Å². The number of para-hydroxylation sites is 1. The van der Waals surface area contributed by atoms with Gasteiger partial charge in [0.2, 0.25) is 0 Å². The molecule has 9 heteroatoms. The van der Waals surface area contributed by atoms with Crippen LogP contribution in [0, 0.1) is 13.8 Å². The molecule has 0 saturated carbocycles. The van der Waals surface area contributed by atoms with E-state index in [-0.39, 0.29) is 5.91 Å². The molecule has 1 aliphatic rings. The number of aryl methyl sites for hydroxylation is 2. The van der Waals surface area contributed by atoms with Gasteiger partial charge in [0.1, 0.15) is 5.75 Å². The molecule has 172 valence electrons. The second-order valence-corrected chi connectivity index (χ2v) is 8.99. The Balaban J connectivity index is 1.52. The van der Waals surface area contributed by atoms with Crippen molar-refractivity contribution in [2.75, 3.05) is 18.6 Å². The summed E-state index contributed by atoms with van der Waals surface area (Å²) in [6.07, 6.45) is 0.828. The highest BCUT2D eigenvalue weighted by atomic mass is 32.2. The Kier molecular flexibility index (Phi) is 6.02. The van der Waals surface area contributed by atoms with Crippen LogP contribution in [0.5, 0.6) is 5.75 Å². The first-order chi connectivity index (χ1) is 16.5. The number of aromatic nitrogens is 5. The monoisotopic (exact) mass is 472 g/mol. The van der Waals surface area contributed by atoms with Gasteiger partial charge in [-0.15, -0.1) is 5.10 Å². The predicted molar refractivity (Wildman–Crippen MR) is 131 cm³/mol. The van der Waals surface area contributed by atoms with Gasteiger partial charge in [0.05, 0.1) is 18.5 Å². The number of carbonyl (C=O) groups excluding carboxylic acids is 1. The minimum atomic E-state index is -0.151. The molecule has 0 spiro atoms. The number of carbonyl (C=O) groups is 1. The molecule has 0 unspecified atom stereocenters. The molecule has 5 rings (SSSR count). The molecule has 0 N–H and O–H groups in total. The number of anilines is 1. The number of methoxy groups -OCH3 is 1. The first-order valence-corrected chi connectivity index (χ1v) is 12.0. The maximum Gasteiger partial charge on any atom is 0.280 e. The highest BCUT2D eigenvalue weighted by molar-refractivity contribution is 7.98. The number of fused-ring (bicyclic) bond motifs is 1. The van der Waals surface area contributed by atoms with Crippen molar-refractivity contribution in [1.29, 1.82) is 0 Å². The Morgan fingerprint density at radius 1 is 1.06 bits per heavy atom. The van der Waals surface area contributed by atoms with Crippen molar-refractivity contribution in [1.82, 2.24) is 25.0 Å². The molecule has 4 aromatic rings. The molecule has 0 aliphatic carbocycles. The van der Waals surface area contributed by atoms with Gasteiger partial charge in [-0.1, -0.05) is 35.2 Å². The van der Waals surface area contributed by atoms with E-state index in [9.17, 15) is 4.79 Å². The number of thioether (sulfide) groups is 1. The molecule has 2 aromatic heterocycles. The Morgan fingerprint density at radius 3 is 2.53 bits per heavy atom. The van der Waals surface area contributed by atoms with Crippen LogP contribution >= 0.6 is 11.8 Å². The van der Waals surface area contributed by atoms with Gasteiger partial charge in [-0.05, 0) is 62.2 Å². The topological polar surface area (TPSA) is 86.0 Å². The van der Waals surface area contributed by atoms with E-state index in [1.54, 1.807) is 16.7 Å². The van der Waals surface area contributed by atoms with Crippen LogP contribution in [0.2, 0.25) is 0 Å². The molecule has 0 bridgehead atoms. The minimum absolute atomic E-state index is 0.151. The number of hydrogen-bond donors (Lipinski definition) is 0. The third-order valence-electron chi connectivity index (χ3n) is 5.71. The molecule has 8 nitrogen and oxygen atoms in total. The second kappa shape index (κ2) is 9.26. The number of rotatable bonds is 6. The Hall–Kier alpha value is -3.72. The summed E-state index contributed by atoms with van der Waals surface area (Å²) >= 11 is 1.46. The zero-order chi connectivity index (χ0) is 23.7. The van der Waals surface area contributed by atoms with Crippen molar-refractivity contribution in [2.24, 2.45) is 0 Å². The fourth-order valence-electron chi connectivity index (χ4n) is 4.10. The Morgan fingerprint density at radius 2 is 1.79 bits per heavy atom. The van der Waals surface area contributed by atoms with E-state index in [0.29, 0.717) is 28.8 Å². The largest absolute Gasteiger partial charge is 0.497 e. The molecule has 1 amide bonds. The molecule has 2 aromatic carbocycles. The van der Waals surface area contributed by atoms with Crippen molar-refractivity contribution >= 4 is 23.4 Å². The third kappa shape index (κ3) is 4.26. The summed E-state index contributed by atoms with van der Waals surface area (Å²) in [7, 11) is 1.63. The highest BCUT2D eigenvalue weighted by Crippen LogP contribution is 2.31. The average Bonchev–Trinajstić information content (AvgIpc) is 3.46. The van der Waals surface area contributed by atoms with Gasteiger partial charge in [0, 0.05) is 29.4 Å². The Bertz CT molecular complexity index is 1330. The van der Waals surface area contributed by atoms with E-state index >= 15 is 0 Å². The average molecular weight is 473 g/mol. The molecule has 0 saturated heterocycles. The quantitative estimate of drug-likeness (QED) is 0.307. The lowest BCUT2D eigenvalue weighted by molar-refractivity contribution is 0.0984. The zero-order valence-corrected chi connectivity index (χ0v) is 20.0. The molecule has 3 heterocycles. The third-order valence-corrected chi connectivity index (χ3v) is 6.57. The molecule has 0 fully saturated rings. The van der Waals surface area contributed by atoms with Gasteiger partial charge in [0.25, 0.3) is 5.91 Å². The standard InChI is InChI=1S/C25H24N6O2S/c1-16-14-17(2)27-25(26-16)34-15-22-23(24(32)30-13-12-18-6-4-5-7-21(18)30)28-29-31(22)19-8-10-20(33-3)11-9-19/h4-11,14H,12-13,15H2,1-3H3. The molecular formula is C25H24N6O2S. The second-order valence-electron chi connectivity index (χ2n) is 8.05. The zero-order valence-electron chi connectivity index (χ0n) is 19.2. The fraction of sp³-hybridized carbons (Fsp3) is 0.240. The first kappa shape index (κ1) is 22.1. The minimum Gasteiger partial charge on any atom is -0.497 e. The smallest absolute Gasteiger partial charge is 0.280 e. The number of ether oxygens (including phenoxy) is 1. The maximum atomic E-state index is 13.6. The SMILES string of the molecule is COc1ccc(-n2nnc(C(=O)N3CCc4ccccc43)c2CSc2nc(C)cc(C)n2)cc1. The summed E-state index contributed by atoms with van der Waals surface area (Å²) < 4.78 is 6.99. The fourth-order valence-corrected chi connectivity index (χ4v) is 5.04. The number of nitrogens with zero attached hydrogens (tertiary/aromatic N) is 6. The van der Waals surface area contributed by atoms with Crippen LogP contribution in [-0.2, 0) is 12.2 Å². The van der Waals surface area contributed by atoms with Gasteiger partial charge in [-0.25, -0.2) is 14.6 Å². The van der Waals surface area contributed by atoms with Crippen molar-refractivity contribution in [3.8, 4) is 11.4 Å². The van der Waals surface area contributed by atoms with Crippen LogP contribution in [0.25, 0.3) is 5.69 Å². The van der Waals surface area contributed by atoms with Gasteiger partial charge < -0.3 is 9.64 Å². The highest BCUT2D eigenvalue weighted by Gasteiger charge is 2.30. The van der Waals surface area contributed by atoms with Crippen molar-refractivity contribution in [2.45, 2.75) is 31.2 Å². The van der Waals surface area contributed by atoms with E-state index in [1.807, 2.05) is 62.4 Å².